The number of anilines is 1. The van der Waals surface area contributed by atoms with E-state index in [-0.39, 0.29) is 23.6 Å². The van der Waals surface area contributed by atoms with Gasteiger partial charge in [0.05, 0.1) is 23.7 Å². The van der Waals surface area contributed by atoms with Crippen LogP contribution in [0, 0.1) is 0 Å². The largest absolute Gasteiger partial charge is 0.573 e. The number of nitrogens with zero attached hydrogens (tertiary/aromatic N) is 1. The third-order valence-electron chi connectivity index (χ3n) is 1.73. The quantitative estimate of drug-likeness (QED) is 0.712. The van der Waals surface area contributed by atoms with Crippen molar-refractivity contribution in [1.82, 2.24) is 4.98 Å². The van der Waals surface area contributed by atoms with Gasteiger partial charge in [0.2, 0.25) is 0 Å². The van der Waals surface area contributed by atoms with Crippen molar-refractivity contribution < 1.29 is 23.0 Å². The third kappa shape index (κ3) is 2.97. The van der Waals surface area contributed by atoms with E-state index in [0.717, 1.165) is 6.07 Å². The first-order valence-corrected chi connectivity index (χ1v) is 4.22. The predicted molar refractivity (Wildman–Crippen MR) is 49.1 cm³/mol. The number of aromatic nitrogens is 1. The van der Waals surface area contributed by atoms with Crippen LogP contribution in [0.15, 0.2) is 6.07 Å². The molecule has 0 aromatic carbocycles. The molecule has 0 amide bonds. The fraction of sp³-hybridized carbons (Fsp3) is 0.375. The molecule has 16 heavy (non-hydrogen) atoms. The van der Waals surface area contributed by atoms with Crippen molar-refractivity contribution in [3.8, 4) is 5.75 Å². The maximum Gasteiger partial charge on any atom is 0.573 e. The summed E-state index contributed by atoms with van der Waals surface area (Å²) in [6.45, 7) is -0.671. The van der Waals surface area contributed by atoms with Crippen LogP contribution >= 0.6 is 0 Å². The van der Waals surface area contributed by atoms with Gasteiger partial charge in [-0.25, -0.2) is 0 Å². The third-order valence-corrected chi connectivity index (χ3v) is 1.73. The van der Waals surface area contributed by atoms with Gasteiger partial charge in [0.15, 0.2) is 5.75 Å². The number of aliphatic hydroxyl groups excluding tert-OH is 1. The van der Waals surface area contributed by atoms with E-state index in [9.17, 15) is 13.2 Å². The molecule has 0 fully saturated rings. The lowest BCUT2D eigenvalue weighted by atomic mass is 10.2. The molecule has 0 atom stereocenters. The second-order valence-corrected chi connectivity index (χ2v) is 2.88. The Bertz CT molecular complexity index is 382. The van der Waals surface area contributed by atoms with E-state index in [0.29, 0.717) is 0 Å². The molecule has 1 rings (SSSR count). The van der Waals surface area contributed by atoms with Crippen molar-refractivity contribution in [3.05, 3.63) is 17.5 Å². The maximum absolute atomic E-state index is 12.0. The van der Waals surface area contributed by atoms with Crippen LogP contribution in [0.5, 0.6) is 5.75 Å². The van der Waals surface area contributed by atoms with Crippen LogP contribution in [0.1, 0.15) is 11.4 Å². The summed E-state index contributed by atoms with van der Waals surface area (Å²) in [4.78, 5) is 3.75. The lowest BCUT2D eigenvalue weighted by Crippen LogP contribution is -2.19. The van der Waals surface area contributed by atoms with Crippen LogP contribution in [-0.4, -0.2) is 16.5 Å². The topological polar surface area (TPSA) is 94.4 Å². The second kappa shape index (κ2) is 4.54. The Labute approximate surface area is 88.8 Å². The zero-order valence-corrected chi connectivity index (χ0v) is 8.08. The number of nitrogen functional groups attached to an aromatic ring is 1. The molecule has 0 saturated carbocycles. The number of nitrogens with two attached hydrogens (primary N) is 2. The Hall–Kier alpha value is -1.54. The zero-order chi connectivity index (χ0) is 12.3. The first kappa shape index (κ1) is 12.5. The molecular weight excluding hydrogens is 227 g/mol. The Morgan fingerprint density at radius 2 is 2.06 bits per heavy atom. The molecule has 1 heterocycles. The molecule has 5 N–H and O–H groups in total. The maximum atomic E-state index is 12.0. The van der Waals surface area contributed by atoms with Crippen LogP contribution in [0.3, 0.4) is 0 Å². The number of rotatable bonds is 3. The van der Waals surface area contributed by atoms with Gasteiger partial charge in [-0.15, -0.1) is 13.2 Å². The Morgan fingerprint density at radius 1 is 1.44 bits per heavy atom. The molecule has 1 aromatic heterocycles. The monoisotopic (exact) mass is 237 g/mol. The highest BCUT2D eigenvalue weighted by molar-refractivity contribution is 5.56. The zero-order valence-electron chi connectivity index (χ0n) is 8.08. The molecule has 0 unspecified atom stereocenters. The number of ether oxygens (including phenoxy) is 1. The SMILES string of the molecule is NCc1nc(CO)cc(OC(F)(F)F)c1N. The molecule has 0 aliphatic carbocycles. The highest BCUT2D eigenvalue weighted by atomic mass is 19.4. The molecule has 90 valence electrons. The van der Waals surface area contributed by atoms with Gasteiger partial charge in [-0.2, -0.15) is 0 Å². The molecule has 0 radical (unpaired) electrons. The molecule has 0 saturated heterocycles. The molecule has 8 heteroatoms. The summed E-state index contributed by atoms with van der Waals surface area (Å²) in [5.41, 5.74) is 10.4. The van der Waals surface area contributed by atoms with Gasteiger partial charge < -0.3 is 21.3 Å². The fourth-order valence-electron chi connectivity index (χ4n) is 1.08. The lowest BCUT2D eigenvalue weighted by Gasteiger charge is -2.14. The van der Waals surface area contributed by atoms with E-state index >= 15 is 0 Å². The highest BCUT2D eigenvalue weighted by Gasteiger charge is 2.32. The summed E-state index contributed by atoms with van der Waals surface area (Å²) in [7, 11) is 0. The van der Waals surface area contributed by atoms with Gasteiger partial charge in [-0.1, -0.05) is 0 Å². The standard InChI is InChI=1S/C8H10F3N3O2/c9-8(10,11)16-6-1-4(3-15)14-5(2-12)7(6)13/h1,15H,2-3,12-13H2. The second-order valence-electron chi connectivity index (χ2n) is 2.88. The number of aliphatic hydroxyl groups is 1. The molecular formula is C8H10F3N3O2. The van der Waals surface area contributed by atoms with Crippen molar-refractivity contribution in [1.29, 1.82) is 0 Å². The van der Waals surface area contributed by atoms with Gasteiger partial charge >= 0.3 is 6.36 Å². The molecule has 0 aliphatic rings. The van der Waals surface area contributed by atoms with Crippen molar-refractivity contribution in [2.45, 2.75) is 19.5 Å². The molecule has 0 spiro atoms. The number of hydrogen-bond acceptors (Lipinski definition) is 5. The van der Waals surface area contributed by atoms with E-state index in [1.54, 1.807) is 0 Å². The first-order chi connectivity index (χ1) is 7.37. The summed E-state index contributed by atoms with van der Waals surface area (Å²) >= 11 is 0. The minimum Gasteiger partial charge on any atom is -0.403 e. The summed E-state index contributed by atoms with van der Waals surface area (Å²) < 4.78 is 39.7. The molecule has 5 nitrogen and oxygen atoms in total. The average molecular weight is 237 g/mol. The Kier molecular flexibility index (Phi) is 3.55. The normalized spacial score (nSPS) is 11.6. The number of halogens is 3. The van der Waals surface area contributed by atoms with E-state index in [1.807, 2.05) is 0 Å². The predicted octanol–water partition coefficient (Wildman–Crippen LogP) is 0.513. The summed E-state index contributed by atoms with van der Waals surface area (Å²) in [5.74, 6) is -0.605. The van der Waals surface area contributed by atoms with Crippen molar-refractivity contribution in [2.75, 3.05) is 5.73 Å². The van der Waals surface area contributed by atoms with Crippen molar-refractivity contribution in [3.63, 3.8) is 0 Å². The van der Waals surface area contributed by atoms with Gasteiger partial charge in [-0.05, 0) is 0 Å². The van der Waals surface area contributed by atoms with E-state index < -0.39 is 18.7 Å². The van der Waals surface area contributed by atoms with Gasteiger partial charge in [0.25, 0.3) is 0 Å². The van der Waals surface area contributed by atoms with Crippen LogP contribution in [0.25, 0.3) is 0 Å². The smallest absolute Gasteiger partial charge is 0.403 e. The van der Waals surface area contributed by atoms with Crippen LogP contribution in [-0.2, 0) is 13.2 Å². The summed E-state index contributed by atoms with van der Waals surface area (Å²) in [5, 5.41) is 8.79. The molecule has 1 aromatic rings. The number of alkyl halides is 3. The summed E-state index contributed by atoms with van der Waals surface area (Å²) in [6, 6.07) is 0.919. The highest BCUT2D eigenvalue weighted by Crippen LogP contribution is 2.30. The fourth-order valence-corrected chi connectivity index (χ4v) is 1.08. The lowest BCUT2D eigenvalue weighted by molar-refractivity contribution is -0.274. The summed E-state index contributed by atoms with van der Waals surface area (Å²) in [6.07, 6.45) is -4.85. The molecule has 0 bridgehead atoms. The average Bonchev–Trinajstić information content (AvgIpc) is 2.19. The van der Waals surface area contributed by atoms with Crippen molar-refractivity contribution in [2.24, 2.45) is 5.73 Å². The van der Waals surface area contributed by atoms with Gasteiger partial charge in [-0.3, -0.25) is 4.98 Å². The van der Waals surface area contributed by atoms with Crippen LogP contribution < -0.4 is 16.2 Å². The van der Waals surface area contributed by atoms with E-state index in [4.69, 9.17) is 16.6 Å². The number of pyridine rings is 1. The first-order valence-electron chi connectivity index (χ1n) is 4.22. The Morgan fingerprint density at radius 3 is 2.50 bits per heavy atom. The Balaban J connectivity index is 3.16. The molecule has 0 aliphatic heterocycles. The minimum absolute atomic E-state index is 0.00824. The van der Waals surface area contributed by atoms with Gasteiger partial charge in [0, 0.05) is 12.6 Å². The number of hydrogen-bond donors (Lipinski definition) is 3. The van der Waals surface area contributed by atoms with Crippen molar-refractivity contribution >= 4 is 5.69 Å². The van der Waals surface area contributed by atoms with Gasteiger partial charge in [0.1, 0.15) is 0 Å². The minimum atomic E-state index is -4.85. The van der Waals surface area contributed by atoms with E-state index in [1.165, 1.54) is 0 Å². The van der Waals surface area contributed by atoms with Crippen LogP contribution in [0.4, 0.5) is 18.9 Å². The van der Waals surface area contributed by atoms with Crippen LogP contribution in [0.2, 0.25) is 0 Å². The van der Waals surface area contributed by atoms with E-state index in [2.05, 4.69) is 9.72 Å².